The molecule has 1 saturated carbocycles. The second kappa shape index (κ2) is 7.93. The van der Waals surface area contributed by atoms with Crippen LogP contribution < -0.4 is 10.6 Å². The lowest BCUT2D eigenvalue weighted by Crippen LogP contribution is -2.46. The Kier molecular flexibility index (Phi) is 5.65. The van der Waals surface area contributed by atoms with Gasteiger partial charge in [0, 0.05) is 6.04 Å². The quantitative estimate of drug-likeness (QED) is 0.859. The van der Waals surface area contributed by atoms with Gasteiger partial charge in [-0.15, -0.1) is 11.3 Å². The molecule has 0 unspecified atom stereocenters. The fraction of sp³-hybridized carbons (Fsp3) is 0.500. The standard InChI is InChI=1S/C18H24N4O2S/c1-12(17-20-14-9-5-6-10-15(14)25-17)22(2)11-16(23)21-18(24)19-13-7-3-4-8-13/h5-6,9-10,12-13H,3-4,7-8,11H2,1-2H3,(H2,19,21,23,24)/t12-/m0/s1. The molecule has 25 heavy (non-hydrogen) atoms. The highest BCUT2D eigenvalue weighted by molar-refractivity contribution is 7.18. The van der Waals surface area contributed by atoms with Crippen molar-refractivity contribution in [3.05, 3.63) is 29.3 Å². The number of carbonyl (C=O) groups excluding carboxylic acids is 2. The topological polar surface area (TPSA) is 74.3 Å². The summed E-state index contributed by atoms with van der Waals surface area (Å²) in [6.07, 6.45) is 4.27. The summed E-state index contributed by atoms with van der Waals surface area (Å²) < 4.78 is 1.14. The van der Waals surface area contributed by atoms with Crippen LogP contribution in [0, 0.1) is 0 Å². The highest BCUT2D eigenvalue weighted by atomic mass is 32.1. The van der Waals surface area contributed by atoms with Crippen LogP contribution in [0.4, 0.5) is 4.79 Å². The van der Waals surface area contributed by atoms with Crippen LogP contribution in [-0.2, 0) is 4.79 Å². The van der Waals surface area contributed by atoms with Crippen LogP contribution >= 0.6 is 11.3 Å². The SMILES string of the molecule is C[C@@H](c1nc2ccccc2s1)N(C)CC(=O)NC(=O)NC1CCCC1. The molecule has 2 N–H and O–H groups in total. The van der Waals surface area contributed by atoms with Crippen molar-refractivity contribution >= 4 is 33.5 Å². The van der Waals surface area contributed by atoms with E-state index in [-0.39, 0.29) is 24.5 Å². The number of imide groups is 1. The van der Waals surface area contributed by atoms with E-state index in [2.05, 4.69) is 15.6 Å². The Balaban J connectivity index is 1.52. The molecule has 0 aliphatic heterocycles. The first-order valence-corrected chi connectivity index (χ1v) is 9.50. The Labute approximate surface area is 151 Å². The van der Waals surface area contributed by atoms with Gasteiger partial charge in [0.2, 0.25) is 5.91 Å². The van der Waals surface area contributed by atoms with Gasteiger partial charge in [-0.1, -0.05) is 25.0 Å². The monoisotopic (exact) mass is 360 g/mol. The molecule has 0 saturated heterocycles. The van der Waals surface area contributed by atoms with Crippen LogP contribution in [0.3, 0.4) is 0 Å². The van der Waals surface area contributed by atoms with Crippen molar-refractivity contribution in [3.8, 4) is 0 Å². The van der Waals surface area contributed by atoms with Gasteiger partial charge in [-0.25, -0.2) is 9.78 Å². The molecule has 2 aromatic rings. The number of likely N-dealkylation sites (N-methyl/N-ethyl adjacent to an activating group) is 1. The Bertz CT molecular complexity index is 721. The van der Waals surface area contributed by atoms with Crippen molar-refractivity contribution in [3.63, 3.8) is 0 Å². The van der Waals surface area contributed by atoms with Gasteiger partial charge in [0.1, 0.15) is 5.01 Å². The lowest BCUT2D eigenvalue weighted by Gasteiger charge is -2.22. The molecule has 1 aliphatic rings. The molecule has 1 aromatic heterocycles. The van der Waals surface area contributed by atoms with Gasteiger partial charge in [0.15, 0.2) is 0 Å². The van der Waals surface area contributed by atoms with Crippen molar-refractivity contribution in [2.45, 2.75) is 44.7 Å². The average Bonchev–Trinajstić information content (AvgIpc) is 3.22. The van der Waals surface area contributed by atoms with Gasteiger partial charge in [-0.05, 0) is 38.9 Å². The van der Waals surface area contributed by atoms with Gasteiger partial charge in [0.05, 0.1) is 22.8 Å². The first kappa shape index (κ1) is 17.8. The van der Waals surface area contributed by atoms with Crippen LogP contribution in [0.15, 0.2) is 24.3 Å². The van der Waals surface area contributed by atoms with E-state index in [1.807, 2.05) is 43.1 Å². The Hall–Kier alpha value is -1.99. The van der Waals surface area contributed by atoms with E-state index in [0.29, 0.717) is 0 Å². The summed E-state index contributed by atoms with van der Waals surface area (Å²) in [6.45, 7) is 2.17. The third-order valence-electron chi connectivity index (χ3n) is 4.67. The van der Waals surface area contributed by atoms with Gasteiger partial charge in [-0.2, -0.15) is 0 Å². The Morgan fingerprint density at radius 1 is 1.32 bits per heavy atom. The van der Waals surface area contributed by atoms with Gasteiger partial charge < -0.3 is 5.32 Å². The molecule has 0 bridgehead atoms. The van der Waals surface area contributed by atoms with E-state index in [0.717, 1.165) is 40.9 Å². The molecule has 1 fully saturated rings. The van der Waals surface area contributed by atoms with Gasteiger partial charge in [-0.3, -0.25) is 15.0 Å². The van der Waals surface area contributed by atoms with Crippen LogP contribution in [0.25, 0.3) is 10.2 Å². The van der Waals surface area contributed by atoms with Crippen LogP contribution in [0.5, 0.6) is 0 Å². The molecule has 3 amide bonds. The number of rotatable bonds is 5. The molecule has 0 radical (unpaired) electrons. The van der Waals surface area contributed by atoms with Crippen LogP contribution in [-0.4, -0.2) is 41.5 Å². The summed E-state index contributed by atoms with van der Waals surface area (Å²) in [5.41, 5.74) is 0.975. The third kappa shape index (κ3) is 4.55. The van der Waals surface area contributed by atoms with E-state index >= 15 is 0 Å². The van der Waals surface area contributed by atoms with Crippen LogP contribution in [0.1, 0.15) is 43.7 Å². The molecular weight excluding hydrogens is 336 g/mol. The van der Waals surface area contributed by atoms with Crippen molar-refractivity contribution in [2.75, 3.05) is 13.6 Å². The molecular formula is C18H24N4O2S. The molecule has 6 nitrogen and oxygen atoms in total. The first-order valence-electron chi connectivity index (χ1n) is 8.69. The number of benzene rings is 1. The summed E-state index contributed by atoms with van der Waals surface area (Å²) in [7, 11) is 1.87. The highest BCUT2D eigenvalue weighted by Crippen LogP contribution is 2.28. The number of para-hydroxylation sites is 1. The van der Waals surface area contributed by atoms with E-state index in [4.69, 9.17) is 0 Å². The number of thiazole rings is 1. The molecule has 1 atom stereocenters. The molecule has 1 aromatic carbocycles. The lowest BCUT2D eigenvalue weighted by molar-refractivity contribution is -0.121. The number of nitrogens with one attached hydrogen (secondary N) is 2. The van der Waals surface area contributed by atoms with Crippen molar-refractivity contribution in [2.24, 2.45) is 0 Å². The number of carbonyl (C=O) groups is 2. The smallest absolute Gasteiger partial charge is 0.321 e. The second-order valence-corrected chi connectivity index (χ2v) is 7.68. The van der Waals surface area contributed by atoms with E-state index in [1.54, 1.807) is 11.3 Å². The zero-order valence-electron chi connectivity index (χ0n) is 14.6. The van der Waals surface area contributed by atoms with E-state index < -0.39 is 6.03 Å². The van der Waals surface area contributed by atoms with Gasteiger partial charge >= 0.3 is 6.03 Å². The maximum atomic E-state index is 12.1. The molecule has 3 rings (SSSR count). The third-order valence-corrected chi connectivity index (χ3v) is 5.87. The van der Waals surface area contributed by atoms with Crippen LogP contribution in [0.2, 0.25) is 0 Å². The predicted octanol–water partition coefficient (Wildman–Crippen LogP) is 3.06. The molecule has 134 valence electrons. The predicted molar refractivity (Wildman–Crippen MR) is 99.6 cm³/mol. The summed E-state index contributed by atoms with van der Waals surface area (Å²) in [5, 5.41) is 6.25. The first-order chi connectivity index (χ1) is 12.0. The molecule has 0 spiro atoms. The molecule has 7 heteroatoms. The maximum absolute atomic E-state index is 12.1. The summed E-state index contributed by atoms with van der Waals surface area (Å²) in [4.78, 5) is 30.5. The number of aromatic nitrogens is 1. The zero-order chi connectivity index (χ0) is 17.8. The van der Waals surface area contributed by atoms with E-state index in [9.17, 15) is 9.59 Å². The minimum Gasteiger partial charge on any atom is -0.335 e. The van der Waals surface area contributed by atoms with E-state index in [1.165, 1.54) is 0 Å². The minimum atomic E-state index is -0.391. The number of hydrogen-bond acceptors (Lipinski definition) is 5. The van der Waals surface area contributed by atoms with Crippen molar-refractivity contribution in [1.82, 2.24) is 20.5 Å². The summed E-state index contributed by atoms with van der Waals surface area (Å²) >= 11 is 1.63. The average molecular weight is 360 g/mol. The summed E-state index contributed by atoms with van der Waals surface area (Å²) in [5.74, 6) is -0.300. The largest absolute Gasteiger partial charge is 0.335 e. The summed E-state index contributed by atoms with van der Waals surface area (Å²) in [6, 6.07) is 7.81. The fourth-order valence-corrected chi connectivity index (χ4v) is 4.16. The van der Waals surface area contributed by atoms with Crippen molar-refractivity contribution < 1.29 is 9.59 Å². The number of hydrogen-bond donors (Lipinski definition) is 2. The van der Waals surface area contributed by atoms with Crippen molar-refractivity contribution in [1.29, 1.82) is 0 Å². The number of amides is 3. The fourth-order valence-electron chi connectivity index (χ4n) is 3.08. The Morgan fingerprint density at radius 2 is 2.04 bits per heavy atom. The number of fused-ring (bicyclic) bond motifs is 1. The zero-order valence-corrected chi connectivity index (χ0v) is 15.4. The number of nitrogens with zero attached hydrogens (tertiary/aromatic N) is 2. The molecule has 1 aliphatic carbocycles. The maximum Gasteiger partial charge on any atom is 0.321 e. The Morgan fingerprint density at radius 3 is 2.76 bits per heavy atom. The lowest BCUT2D eigenvalue weighted by atomic mass is 10.2. The van der Waals surface area contributed by atoms with Gasteiger partial charge in [0.25, 0.3) is 0 Å². The normalized spacial score (nSPS) is 16.3. The highest BCUT2D eigenvalue weighted by Gasteiger charge is 2.21. The second-order valence-electron chi connectivity index (χ2n) is 6.61. The number of urea groups is 1. The minimum absolute atomic E-state index is 0.000966. The molecule has 1 heterocycles.